The Bertz CT molecular complexity index is 1000. The largest absolute Gasteiger partial charge is 0.497 e. The summed E-state index contributed by atoms with van der Waals surface area (Å²) in [6.07, 6.45) is 0.602. The van der Waals surface area contributed by atoms with E-state index in [-0.39, 0.29) is 0 Å². The van der Waals surface area contributed by atoms with Crippen LogP contribution in [0, 0.1) is 0 Å². The Morgan fingerprint density at radius 1 is 0.733 bits per heavy atom. The predicted octanol–water partition coefficient (Wildman–Crippen LogP) is 5.11. The van der Waals surface area contributed by atoms with Crippen LogP contribution in [-0.2, 0) is 6.42 Å². The molecule has 0 aromatic heterocycles. The fourth-order valence-electron chi connectivity index (χ4n) is 2.98. The van der Waals surface area contributed by atoms with Gasteiger partial charge in [0.15, 0.2) is 0 Å². The highest BCUT2D eigenvalue weighted by Crippen LogP contribution is 2.33. The van der Waals surface area contributed by atoms with E-state index in [0.29, 0.717) is 29.4 Å². The minimum Gasteiger partial charge on any atom is -0.497 e. The highest BCUT2D eigenvalue weighted by Gasteiger charge is 2.11. The second-order valence-corrected chi connectivity index (χ2v) is 6.45. The fraction of sp³-hybridized carbons (Fsp3) is 0.208. The first-order valence-electron chi connectivity index (χ1n) is 9.49. The van der Waals surface area contributed by atoms with Crippen LogP contribution in [0.15, 0.2) is 71.7 Å². The van der Waals surface area contributed by atoms with Gasteiger partial charge in [-0.05, 0) is 29.8 Å². The molecule has 3 aromatic carbocycles. The molecule has 0 radical (unpaired) electrons. The molecule has 6 heteroatoms. The molecule has 0 saturated carbocycles. The average molecular weight is 406 g/mol. The van der Waals surface area contributed by atoms with Gasteiger partial charge >= 0.3 is 0 Å². The summed E-state index contributed by atoms with van der Waals surface area (Å²) in [6, 6.07) is 21.3. The van der Waals surface area contributed by atoms with E-state index in [9.17, 15) is 0 Å². The van der Waals surface area contributed by atoms with Crippen molar-refractivity contribution in [2.24, 2.45) is 4.99 Å². The summed E-state index contributed by atoms with van der Waals surface area (Å²) in [5.74, 6) is 3.46. The number of hydrogen-bond acceptors (Lipinski definition) is 5. The fourth-order valence-corrected chi connectivity index (χ4v) is 2.98. The van der Waals surface area contributed by atoms with Crippen LogP contribution in [0.5, 0.6) is 23.0 Å². The van der Waals surface area contributed by atoms with Gasteiger partial charge in [0.25, 0.3) is 0 Å². The predicted molar refractivity (Wildman–Crippen MR) is 120 cm³/mol. The van der Waals surface area contributed by atoms with Crippen molar-refractivity contribution in [2.75, 3.05) is 33.8 Å². The van der Waals surface area contributed by atoms with Crippen LogP contribution in [0.25, 0.3) is 0 Å². The van der Waals surface area contributed by atoms with E-state index in [1.165, 1.54) is 0 Å². The molecule has 0 unspecified atom stereocenters. The lowest BCUT2D eigenvalue weighted by molar-refractivity contribution is 0.395. The Hall–Kier alpha value is -3.67. The zero-order chi connectivity index (χ0) is 21.3. The Balaban J connectivity index is 2.00. The molecule has 0 amide bonds. The van der Waals surface area contributed by atoms with E-state index in [2.05, 4.69) is 17.4 Å². The first-order chi connectivity index (χ1) is 14.7. The van der Waals surface area contributed by atoms with Gasteiger partial charge in [0, 0.05) is 18.6 Å². The molecule has 6 nitrogen and oxygen atoms in total. The van der Waals surface area contributed by atoms with Gasteiger partial charge in [-0.15, -0.1) is 0 Å². The summed E-state index contributed by atoms with van der Waals surface area (Å²) >= 11 is 0. The molecule has 0 atom stereocenters. The van der Waals surface area contributed by atoms with Crippen LogP contribution in [0.2, 0.25) is 0 Å². The molecule has 0 heterocycles. The number of ether oxygens (including phenoxy) is 4. The molecule has 0 aliphatic carbocycles. The molecule has 0 bridgehead atoms. The maximum absolute atomic E-state index is 5.53. The first kappa shape index (κ1) is 21.0. The van der Waals surface area contributed by atoms with Crippen LogP contribution >= 0.6 is 0 Å². The smallest absolute Gasteiger partial charge is 0.148 e. The molecule has 1 N–H and O–H groups in total. The summed E-state index contributed by atoms with van der Waals surface area (Å²) in [5, 5.41) is 3.41. The summed E-state index contributed by atoms with van der Waals surface area (Å²) in [4.78, 5) is 4.85. The van der Waals surface area contributed by atoms with Crippen molar-refractivity contribution in [1.29, 1.82) is 0 Å². The normalized spacial score (nSPS) is 11.0. The van der Waals surface area contributed by atoms with Gasteiger partial charge in [-0.1, -0.05) is 30.3 Å². The molecule has 3 aromatic rings. The van der Waals surface area contributed by atoms with Crippen molar-refractivity contribution in [1.82, 2.24) is 0 Å². The van der Waals surface area contributed by atoms with Crippen molar-refractivity contribution < 1.29 is 18.9 Å². The minimum absolute atomic E-state index is 0.602. The van der Waals surface area contributed by atoms with Crippen molar-refractivity contribution in [3.63, 3.8) is 0 Å². The van der Waals surface area contributed by atoms with Crippen LogP contribution in [0.3, 0.4) is 0 Å². The number of anilines is 1. The molecular weight excluding hydrogens is 380 g/mol. The molecule has 30 heavy (non-hydrogen) atoms. The monoisotopic (exact) mass is 406 g/mol. The summed E-state index contributed by atoms with van der Waals surface area (Å²) in [7, 11) is 6.49. The Kier molecular flexibility index (Phi) is 7.16. The molecule has 0 aliphatic heterocycles. The lowest BCUT2D eigenvalue weighted by Gasteiger charge is -2.15. The Morgan fingerprint density at radius 2 is 1.37 bits per heavy atom. The third-order valence-electron chi connectivity index (χ3n) is 4.54. The van der Waals surface area contributed by atoms with Crippen LogP contribution < -0.4 is 24.3 Å². The van der Waals surface area contributed by atoms with Gasteiger partial charge in [-0.2, -0.15) is 0 Å². The number of amidine groups is 1. The highest BCUT2D eigenvalue weighted by atomic mass is 16.5. The molecule has 0 fully saturated rings. The van der Waals surface area contributed by atoms with Crippen LogP contribution in [0.4, 0.5) is 11.4 Å². The van der Waals surface area contributed by atoms with E-state index in [0.717, 1.165) is 22.8 Å². The number of benzene rings is 3. The van der Waals surface area contributed by atoms with Gasteiger partial charge in [0.05, 0.1) is 34.1 Å². The number of aliphatic imine (C=N–C) groups is 1. The second kappa shape index (κ2) is 10.2. The maximum Gasteiger partial charge on any atom is 0.148 e. The van der Waals surface area contributed by atoms with E-state index < -0.39 is 0 Å². The number of hydrogen-bond donors (Lipinski definition) is 1. The van der Waals surface area contributed by atoms with Crippen molar-refractivity contribution in [3.05, 3.63) is 72.3 Å². The molecule has 0 saturated heterocycles. The zero-order valence-corrected chi connectivity index (χ0v) is 17.6. The number of nitrogens with one attached hydrogen (secondary N) is 1. The van der Waals surface area contributed by atoms with Crippen molar-refractivity contribution >= 4 is 17.2 Å². The molecule has 0 aliphatic rings. The molecular formula is C24H26N2O4. The number of methoxy groups -OCH3 is 4. The van der Waals surface area contributed by atoms with Gasteiger partial charge in [-0.25, -0.2) is 4.99 Å². The van der Waals surface area contributed by atoms with Gasteiger partial charge < -0.3 is 24.3 Å². The average Bonchev–Trinajstić information content (AvgIpc) is 2.80. The Labute approximate surface area is 177 Å². The summed E-state index contributed by atoms with van der Waals surface area (Å²) in [6.45, 7) is 0. The van der Waals surface area contributed by atoms with E-state index in [1.54, 1.807) is 28.4 Å². The summed E-state index contributed by atoms with van der Waals surface area (Å²) in [5.41, 5.74) is 2.62. The minimum atomic E-state index is 0.602. The van der Waals surface area contributed by atoms with E-state index >= 15 is 0 Å². The first-order valence-corrected chi connectivity index (χ1v) is 9.49. The molecule has 3 rings (SSSR count). The van der Waals surface area contributed by atoms with E-state index in [4.69, 9.17) is 23.9 Å². The zero-order valence-electron chi connectivity index (χ0n) is 17.6. The highest BCUT2D eigenvalue weighted by molar-refractivity contribution is 6.00. The van der Waals surface area contributed by atoms with Gasteiger partial charge in [-0.3, -0.25) is 0 Å². The lowest BCUT2D eigenvalue weighted by Crippen LogP contribution is -2.15. The second-order valence-electron chi connectivity index (χ2n) is 6.45. The quantitative estimate of drug-likeness (QED) is 0.416. The third kappa shape index (κ3) is 5.23. The third-order valence-corrected chi connectivity index (χ3v) is 4.54. The van der Waals surface area contributed by atoms with E-state index in [1.807, 2.05) is 54.6 Å². The lowest BCUT2D eigenvalue weighted by atomic mass is 10.1. The molecule has 156 valence electrons. The summed E-state index contributed by atoms with van der Waals surface area (Å²) < 4.78 is 21.6. The SMILES string of the molecule is COc1ccc(N=C(Cc2ccccc2)Nc2ccc(OC)cc2OC)c(OC)c1. The van der Waals surface area contributed by atoms with Crippen molar-refractivity contribution in [2.45, 2.75) is 6.42 Å². The number of rotatable bonds is 8. The van der Waals surface area contributed by atoms with Crippen LogP contribution in [-0.4, -0.2) is 34.3 Å². The Morgan fingerprint density at radius 3 is 2.00 bits per heavy atom. The molecule has 0 spiro atoms. The topological polar surface area (TPSA) is 61.3 Å². The van der Waals surface area contributed by atoms with Crippen molar-refractivity contribution in [3.8, 4) is 23.0 Å². The van der Waals surface area contributed by atoms with Gasteiger partial charge in [0.1, 0.15) is 34.5 Å². The number of nitrogens with zero attached hydrogens (tertiary/aromatic N) is 1. The van der Waals surface area contributed by atoms with Crippen LogP contribution in [0.1, 0.15) is 5.56 Å². The standard InChI is InChI=1S/C24H26N2O4/c1-27-18-10-12-20(22(15-18)29-3)25-24(14-17-8-6-5-7-9-17)26-21-13-11-19(28-2)16-23(21)30-4/h5-13,15-16H,14H2,1-4H3,(H,25,26). The maximum atomic E-state index is 5.53. The van der Waals surface area contributed by atoms with Gasteiger partial charge in [0.2, 0.25) is 0 Å².